The van der Waals surface area contributed by atoms with Gasteiger partial charge in [0, 0.05) is 37.1 Å². The molecule has 4 rings (SSSR count). The molecule has 9 heteroatoms. The molecule has 31 heavy (non-hydrogen) atoms. The number of carbonyl (C=O) groups is 3. The number of hydrogen-bond donors (Lipinski definition) is 2. The zero-order valence-corrected chi connectivity index (χ0v) is 16.7. The number of likely N-dealkylation sites (tertiary alicyclic amines) is 1. The topological polar surface area (TPSA) is 117 Å². The van der Waals surface area contributed by atoms with Crippen LogP contribution in [-0.2, 0) is 0 Å². The number of carbonyl (C=O) groups excluding carboxylic acids is 3. The maximum absolute atomic E-state index is 12.8. The van der Waals surface area contributed by atoms with Crippen LogP contribution in [-0.4, -0.2) is 51.7 Å². The van der Waals surface area contributed by atoms with Crippen LogP contribution in [0.3, 0.4) is 0 Å². The summed E-state index contributed by atoms with van der Waals surface area (Å²) >= 11 is 0. The zero-order chi connectivity index (χ0) is 21.6. The highest BCUT2D eigenvalue weighted by Gasteiger charge is 2.26. The van der Waals surface area contributed by atoms with E-state index in [1.54, 1.807) is 23.1 Å². The maximum atomic E-state index is 12.8. The first-order valence-electron chi connectivity index (χ1n) is 9.93. The molecular formula is C22H21N5O4. The van der Waals surface area contributed by atoms with Crippen LogP contribution in [0.1, 0.15) is 44.2 Å². The van der Waals surface area contributed by atoms with Gasteiger partial charge in [0.25, 0.3) is 17.7 Å². The Hall–Kier alpha value is -4.01. The van der Waals surface area contributed by atoms with E-state index in [4.69, 9.17) is 4.42 Å². The fourth-order valence-electron chi connectivity index (χ4n) is 3.42. The molecule has 3 amide bonds. The Morgan fingerprint density at radius 1 is 0.935 bits per heavy atom. The van der Waals surface area contributed by atoms with Gasteiger partial charge in [0.1, 0.15) is 0 Å². The predicted molar refractivity (Wildman–Crippen MR) is 112 cm³/mol. The SMILES string of the molecule is O=C(Nc1nccnc1C(=O)NC1CCN(C(=O)c2ccccc2)CC1)c1ccco1. The van der Waals surface area contributed by atoms with Gasteiger partial charge in [-0.3, -0.25) is 14.4 Å². The van der Waals surface area contributed by atoms with Crippen molar-refractivity contribution < 1.29 is 18.8 Å². The van der Waals surface area contributed by atoms with Crippen LogP contribution < -0.4 is 10.6 Å². The third-order valence-electron chi connectivity index (χ3n) is 5.03. The van der Waals surface area contributed by atoms with E-state index in [1.807, 2.05) is 18.2 Å². The molecule has 0 aliphatic carbocycles. The van der Waals surface area contributed by atoms with Crippen molar-refractivity contribution in [1.82, 2.24) is 20.2 Å². The van der Waals surface area contributed by atoms with Gasteiger partial charge in [0.05, 0.1) is 6.26 Å². The van der Waals surface area contributed by atoms with E-state index in [0.29, 0.717) is 31.5 Å². The fraction of sp³-hybridized carbons (Fsp3) is 0.227. The number of benzene rings is 1. The van der Waals surface area contributed by atoms with Crippen LogP contribution in [0.15, 0.2) is 65.5 Å². The molecule has 0 saturated carbocycles. The van der Waals surface area contributed by atoms with Crippen molar-refractivity contribution >= 4 is 23.5 Å². The van der Waals surface area contributed by atoms with Crippen molar-refractivity contribution in [2.75, 3.05) is 18.4 Å². The Morgan fingerprint density at radius 3 is 2.39 bits per heavy atom. The van der Waals surface area contributed by atoms with Crippen molar-refractivity contribution in [2.24, 2.45) is 0 Å². The lowest BCUT2D eigenvalue weighted by atomic mass is 10.0. The van der Waals surface area contributed by atoms with Gasteiger partial charge in [0.2, 0.25) is 0 Å². The highest BCUT2D eigenvalue weighted by atomic mass is 16.3. The van der Waals surface area contributed by atoms with E-state index in [1.165, 1.54) is 24.7 Å². The number of nitrogens with zero attached hydrogens (tertiary/aromatic N) is 3. The Kier molecular flexibility index (Phi) is 6.02. The highest BCUT2D eigenvalue weighted by molar-refractivity contribution is 6.06. The molecule has 1 saturated heterocycles. The first-order chi connectivity index (χ1) is 15.1. The fourth-order valence-corrected chi connectivity index (χ4v) is 3.42. The molecule has 1 aromatic carbocycles. The number of hydrogen-bond acceptors (Lipinski definition) is 6. The van der Waals surface area contributed by atoms with Crippen molar-refractivity contribution in [2.45, 2.75) is 18.9 Å². The van der Waals surface area contributed by atoms with Crippen LogP contribution in [0, 0.1) is 0 Å². The molecule has 0 atom stereocenters. The first-order valence-corrected chi connectivity index (χ1v) is 9.93. The molecule has 2 N–H and O–H groups in total. The van der Waals surface area contributed by atoms with Gasteiger partial charge in [-0.1, -0.05) is 18.2 Å². The summed E-state index contributed by atoms with van der Waals surface area (Å²) in [6.45, 7) is 1.09. The number of nitrogens with one attached hydrogen (secondary N) is 2. The Morgan fingerprint density at radius 2 is 1.68 bits per heavy atom. The average molecular weight is 419 g/mol. The summed E-state index contributed by atoms with van der Waals surface area (Å²) in [6, 6.07) is 12.1. The van der Waals surface area contributed by atoms with E-state index < -0.39 is 11.8 Å². The van der Waals surface area contributed by atoms with Gasteiger partial charge in [-0.15, -0.1) is 0 Å². The Bertz CT molecular complexity index is 1060. The van der Waals surface area contributed by atoms with Gasteiger partial charge in [0.15, 0.2) is 17.3 Å². The van der Waals surface area contributed by atoms with E-state index in [0.717, 1.165) is 0 Å². The first kappa shape index (κ1) is 20.3. The van der Waals surface area contributed by atoms with Gasteiger partial charge >= 0.3 is 0 Å². The summed E-state index contributed by atoms with van der Waals surface area (Å²) in [4.78, 5) is 47.5. The second kappa shape index (κ2) is 9.21. The van der Waals surface area contributed by atoms with Gasteiger partial charge in [-0.2, -0.15) is 0 Å². The molecule has 3 aromatic rings. The zero-order valence-electron chi connectivity index (χ0n) is 16.7. The summed E-state index contributed by atoms with van der Waals surface area (Å²) in [5.74, 6) is -0.809. The average Bonchev–Trinajstić information content (AvgIpc) is 3.35. The monoisotopic (exact) mass is 419 g/mol. The normalized spacial score (nSPS) is 14.1. The Balaban J connectivity index is 1.35. The Labute approximate surface area is 178 Å². The van der Waals surface area contributed by atoms with Crippen LogP contribution in [0.25, 0.3) is 0 Å². The lowest BCUT2D eigenvalue weighted by Crippen LogP contribution is -2.46. The summed E-state index contributed by atoms with van der Waals surface area (Å²) in [5, 5.41) is 5.48. The molecular weight excluding hydrogens is 398 g/mol. The lowest BCUT2D eigenvalue weighted by Gasteiger charge is -2.32. The predicted octanol–water partition coefficient (Wildman–Crippen LogP) is 2.36. The van der Waals surface area contributed by atoms with Gasteiger partial charge < -0.3 is 20.0 Å². The number of piperidine rings is 1. The largest absolute Gasteiger partial charge is 0.459 e. The van der Waals surface area contributed by atoms with Crippen molar-refractivity contribution in [3.8, 4) is 0 Å². The maximum Gasteiger partial charge on any atom is 0.292 e. The van der Waals surface area contributed by atoms with Crippen molar-refractivity contribution in [3.63, 3.8) is 0 Å². The number of amides is 3. The lowest BCUT2D eigenvalue weighted by molar-refractivity contribution is 0.0697. The highest BCUT2D eigenvalue weighted by Crippen LogP contribution is 2.16. The second-order valence-electron chi connectivity index (χ2n) is 7.09. The van der Waals surface area contributed by atoms with Gasteiger partial charge in [-0.05, 0) is 37.1 Å². The van der Waals surface area contributed by atoms with Crippen LogP contribution in [0.2, 0.25) is 0 Å². The van der Waals surface area contributed by atoms with Crippen LogP contribution >= 0.6 is 0 Å². The standard InChI is InChI=1S/C22H21N5O4/c28-20(17-7-4-14-31-17)26-19-18(23-10-11-24-19)21(29)25-16-8-12-27(13-9-16)22(30)15-5-2-1-3-6-15/h1-7,10-11,14,16H,8-9,12-13H2,(H,25,29)(H,24,26,28). The minimum atomic E-state index is -0.521. The number of furan rings is 1. The summed E-state index contributed by atoms with van der Waals surface area (Å²) < 4.78 is 5.06. The quantitative estimate of drug-likeness (QED) is 0.656. The molecule has 1 aliphatic heterocycles. The smallest absolute Gasteiger partial charge is 0.292 e. The second-order valence-corrected chi connectivity index (χ2v) is 7.09. The third kappa shape index (κ3) is 4.77. The summed E-state index contributed by atoms with van der Waals surface area (Å²) in [7, 11) is 0. The number of anilines is 1. The molecule has 0 unspecified atom stereocenters. The van der Waals surface area contributed by atoms with Crippen LogP contribution in [0.4, 0.5) is 5.82 Å². The molecule has 3 heterocycles. The summed E-state index contributed by atoms with van der Waals surface area (Å²) in [5.41, 5.74) is 0.673. The molecule has 158 valence electrons. The summed E-state index contributed by atoms with van der Waals surface area (Å²) in [6.07, 6.45) is 5.41. The van der Waals surface area contributed by atoms with Crippen molar-refractivity contribution in [1.29, 1.82) is 0 Å². The third-order valence-corrected chi connectivity index (χ3v) is 5.03. The minimum absolute atomic E-state index is 0.0118. The molecule has 1 aliphatic rings. The molecule has 0 spiro atoms. The molecule has 0 bridgehead atoms. The van der Waals surface area contributed by atoms with Crippen molar-refractivity contribution in [3.05, 3.63) is 78.1 Å². The van der Waals surface area contributed by atoms with E-state index in [-0.39, 0.29) is 29.2 Å². The van der Waals surface area contributed by atoms with E-state index in [2.05, 4.69) is 20.6 Å². The van der Waals surface area contributed by atoms with Crippen LogP contribution in [0.5, 0.6) is 0 Å². The molecule has 1 fully saturated rings. The molecule has 2 aromatic heterocycles. The molecule has 0 radical (unpaired) electrons. The number of rotatable bonds is 5. The number of aromatic nitrogens is 2. The molecule has 9 nitrogen and oxygen atoms in total. The van der Waals surface area contributed by atoms with Gasteiger partial charge in [-0.25, -0.2) is 9.97 Å². The minimum Gasteiger partial charge on any atom is -0.459 e. The van der Waals surface area contributed by atoms with E-state index in [9.17, 15) is 14.4 Å². The van der Waals surface area contributed by atoms with E-state index >= 15 is 0 Å².